The highest BCUT2D eigenvalue weighted by Gasteiger charge is 2.17. The van der Waals surface area contributed by atoms with E-state index in [9.17, 15) is 8.78 Å². The third-order valence-corrected chi connectivity index (χ3v) is 6.93. The number of nitrogens with zero attached hydrogens (tertiary/aromatic N) is 6. The smallest absolute Gasteiger partial charge is 0.164 e. The van der Waals surface area contributed by atoms with Gasteiger partial charge in [0.1, 0.15) is 17.8 Å². The van der Waals surface area contributed by atoms with Gasteiger partial charge in [0.2, 0.25) is 0 Å². The number of hydrogen-bond donors (Lipinski definition) is 0. The number of pyridine rings is 1. The van der Waals surface area contributed by atoms with Gasteiger partial charge in [-0.25, -0.2) is 28.7 Å². The Morgan fingerprint density at radius 1 is 0.683 bits per heavy atom. The second kappa shape index (κ2) is 10.3. The molecule has 6 nitrogen and oxygen atoms in total. The van der Waals surface area contributed by atoms with Crippen molar-refractivity contribution in [2.45, 2.75) is 12.6 Å². The number of benzene rings is 3. The fourth-order valence-corrected chi connectivity index (χ4v) is 4.86. The fourth-order valence-electron chi connectivity index (χ4n) is 4.86. The summed E-state index contributed by atoms with van der Waals surface area (Å²) >= 11 is 0. The molecule has 198 valence electrons. The van der Waals surface area contributed by atoms with Crippen molar-refractivity contribution in [2.75, 3.05) is 0 Å². The zero-order valence-electron chi connectivity index (χ0n) is 21.7. The van der Waals surface area contributed by atoms with E-state index in [-0.39, 0.29) is 12.2 Å². The summed E-state index contributed by atoms with van der Waals surface area (Å²) in [6, 6.07) is 25.8. The topological polar surface area (TPSA) is 69.4 Å². The highest BCUT2D eigenvalue weighted by atomic mass is 19.1. The van der Waals surface area contributed by atoms with Gasteiger partial charge in [-0.1, -0.05) is 48.6 Å². The third kappa shape index (κ3) is 4.80. The minimum absolute atomic E-state index is 0.256. The lowest BCUT2D eigenvalue weighted by molar-refractivity contribution is 0.402. The molecule has 0 aliphatic heterocycles. The second-order valence-corrected chi connectivity index (χ2v) is 9.63. The summed E-state index contributed by atoms with van der Waals surface area (Å²) in [5.41, 5.74) is 5.91. The molecule has 0 N–H and O–H groups in total. The number of fused-ring (bicyclic) bond motifs is 1. The number of hydrogen-bond acceptors (Lipinski definition) is 5. The average molecular weight is 541 g/mol. The highest BCUT2D eigenvalue weighted by Crippen LogP contribution is 2.31. The van der Waals surface area contributed by atoms with Crippen molar-refractivity contribution in [3.63, 3.8) is 0 Å². The van der Waals surface area contributed by atoms with Gasteiger partial charge in [-0.3, -0.25) is 9.55 Å². The van der Waals surface area contributed by atoms with E-state index in [4.69, 9.17) is 15.0 Å². The number of rotatable bonds is 5. The first-order valence-electron chi connectivity index (χ1n) is 13.2. The Kier molecular flexibility index (Phi) is 6.20. The molecule has 0 radical (unpaired) electrons. The molecule has 1 aliphatic carbocycles. The Morgan fingerprint density at radius 2 is 1.32 bits per heavy atom. The first-order chi connectivity index (χ1) is 20.1. The summed E-state index contributed by atoms with van der Waals surface area (Å²) < 4.78 is 29.5. The van der Waals surface area contributed by atoms with E-state index in [1.807, 2.05) is 60.7 Å². The van der Waals surface area contributed by atoms with E-state index >= 15 is 0 Å². The summed E-state index contributed by atoms with van der Waals surface area (Å²) in [6.07, 6.45) is 7.73. The van der Waals surface area contributed by atoms with Crippen LogP contribution in [0.4, 0.5) is 8.78 Å². The van der Waals surface area contributed by atoms with Crippen molar-refractivity contribution in [1.29, 1.82) is 0 Å². The van der Waals surface area contributed by atoms with Crippen molar-refractivity contribution in [1.82, 2.24) is 29.5 Å². The first kappa shape index (κ1) is 24.7. The minimum atomic E-state index is -1.03. The molecule has 41 heavy (non-hydrogen) atoms. The van der Waals surface area contributed by atoms with Gasteiger partial charge >= 0.3 is 0 Å². The van der Waals surface area contributed by atoms with Crippen LogP contribution >= 0.6 is 0 Å². The molecular formula is C33H22F2N6. The molecule has 3 aromatic heterocycles. The number of imidazole rings is 1. The normalized spacial score (nSPS) is 14.8. The number of allylic oxidation sites excluding steroid dienone is 4. The molecule has 0 fully saturated rings. The predicted molar refractivity (Wildman–Crippen MR) is 155 cm³/mol. The maximum Gasteiger partial charge on any atom is 0.164 e. The van der Waals surface area contributed by atoms with Crippen LogP contribution in [0.15, 0.2) is 116 Å². The van der Waals surface area contributed by atoms with Crippen molar-refractivity contribution in [3.05, 3.63) is 127 Å². The van der Waals surface area contributed by atoms with Gasteiger partial charge in [-0.15, -0.1) is 0 Å². The molecule has 6 aromatic rings. The van der Waals surface area contributed by atoms with Crippen LogP contribution in [0.1, 0.15) is 12.2 Å². The second-order valence-electron chi connectivity index (χ2n) is 9.63. The quantitative estimate of drug-likeness (QED) is 0.228. The molecule has 8 heteroatoms. The molecule has 3 aromatic carbocycles. The van der Waals surface area contributed by atoms with Gasteiger partial charge in [0.15, 0.2) is 17.5 Å². The van der Waals surface area contributed by atoms with Gasteiger partial charge in [0.05, 0.1) is 16.7 Å². The molecule has 1 unspecified atom stereocenters. The Morgan fingerprint density at radius 3 is 2.00 bits per heavy atom. The molecule has 0 bridgehead atoms. The lowest BCUT2D eigenvalue weighted by Crippen LogP contribution is -2.05. The molecule has 7 rings (SSSR count). The van der Waals surface area contributed by atoms with Gasteiger partial charge in [0, 0.05) is 41.1 Å². The van der Waals surface area contributed by atoms with Crippen LogP contribution in [-0.4, -0.2) is 35.7 Å². The summed E-state index contributed by atoms with van der Waals surface area (Å²) in [5.74, 6) is 1.75. The molecule has 1 aliphatic rings. The Balaban J connectivity index is 1.32. The number of halogens is 2. The van der Waals surface area contributed by atoms with Crippen molar-refractivity contribution in [3.8, 4) is 39.9 Å². The predicted octanol–water partition coefficient (Wildman–Crippen LogP) is 7.43. The first-order valence-corrected chi connectivity index (χ1v) is 13.2. The lowest BCUT2D eigenvalue weighted by atomic mass is 10.0. The zero-order valence-corrected chi connectivity index (χ0v) is 21.7. The van der Waals surface area contributed by atoms with Crippen molar-refractivity contribution in [2.24, 2.45) is 0 Å². The van der Waals surface area contributed by atoms with Crippen LogP contribution in [-0.2, 0) is 0 Å². The van der Waals surface area contributed by atoms with Crippen molar-refractivity contribution >= 4 is 16.6 Å². The van der Waals surface area contributed by atoms with Crippen molar-refractivity contribution < 1.29 is 8.78 Å². The minimum Gasteiger partial charge on any atom is -0.292 e. The van der Waals surface area contributed by atoms with Crippen LogP contribution in [0.25, 0.3) is 56.5 Å². The molecule has 0 saturated carbocycles. The van der Waals surface area contributed by atoms with Gasteiger partial charge in [0.25, 0.3) is 0 Å². The van der Waals surface area contributed by atoms with E-state index in [1.165, 1.54) is 18.2 Å². The largest absolute Gasteiger partial charge is 0.292 e. The summed E-state index contributed by atoms with van der Waals surface area (Å²) in [7, 11) is 0. The third-order valence-electron chi connectivity index (χ3n) is 6.93. The highest BCUT2D eigenvalue weighted by molar-refractivity contribution is 5.83. The molecular weight excluding hydrogens is 518 g/mol. The monoisotopic (exact) mass is 540 g/mol. The summed E-state index contributed by atoms with van der Waals surface area (Å²) in [4.78, 5) is 23.2. The molecule has 0 saturated heterocycles. The van der Waals surface area contributed by atoms with E-state index in [0.717, 1.165) is 33.7 Å². The van der Waals surface area contributed by atoms with Gasteiger partial charge in [-0.05, 0) is 54.6 Å². The van der Waals surface area contributed by atoms with Crippen LogP contribution in [0.3, 0.4) is 0 Å². The molecule has 3 heterocycles. The van der Waals surface area contributed by atoms with E-state index in [1.54, 1.807) is 36.7 Å². The fraction of sp³-hybridized carbons (Fsp3) is 0.0606. The molecule has 0 amide bonds. The maximum absolute atomic E-state index is 13.8. The number of alkyl halides is 1. The summed E-state index contributed by atoms with van der Waals surface area (Å²) in [6.45, 7) is 0. The average Bonchev–Trinajstić information content (AvgIpc) is 3.42. The Labute approximate surface area is 234 Å². The SMILES string of the molecule is Fc1ccc(-c2nc(C3=CCC(F)C=C3)nc(-c3ccc(-c4nc5ccccc5n4-c4ccncc4)cc3)n2)cc1. The van der Waals surface area contributed by atoms with Gasteiger partial charge in [-0.2, -0.15) is 0 Å². The van der Waals surface area contributed by atoms with E-state index in [0.29, 0.717) is 28.6 Å². The maximum atomic E-state index is 13.8. The van der Waals surface area contributed by atoms with Gasteiger partial charge < -0.3 is 0 Å². The zero-order chi connectivity index (χ0) is 27.8. The lowest BCUT2D eigenvalue weighted by Gasteiger charge is -2.12. The van der Waals surface area contributed by atoms with Crippen LogP contribution in [0, 0.1) is 5.82 Å². The Hall–Kier alpha value is -5.37. The van der Waals surface area contributed by atoms with Crippen LogP contribution < -0.4 is 0 Å². The van der Waals surface area contributed by atoms with E-state index < -0.39 is 6.17 Å². The Bertz CT molecular complexity index is 1930. The standard InChI is InChI=1S/C33H22F2N6/c34-25-13-9-22(10-14-25)31-38-30(39-32(40-31)23-11-15-26(35)16-12-23)21-5-7-24(8-6-21)33-37-28-3-1-2-4-29(28)41(33)27-17-19-36-20-18-27/h1-15,17-20,26H,16H2. The number of para-hydroxylation sites is 2. The van der Waals surface area contributed by atoms with E-state index in [2.05, 4.69) is 14.5 Å². The van der Waals surface area contributed by atoms with Crippen LogP contribution in [0.5, 0.6) is 0 Å². The number of aromatic nitrogens is 6. The molecule has 1 atom stereocenters. The van der Waals surface area contributed by atoms with Crippen LogP contribution in [0.2, 0.25) is 0 Å². The molecule has 0 spiro atoms. The summed E-state index contributed by atoms with van der Waals surface area (Å²) in [5, 5.41) is 0.